The van der Waals surface area contributed by atoms with E-state index in [1.165, 1.54) is 60.6 Å². The monoisotopic (exact) mass is 287 g/mol. The van der Waals surface area contributed by atoms with Gasteiger partial charge in [-0.25, -0.2) is 0 Å². The van der Waals surface area contributed by atoms with Gasteiger partial charge >= 0.3 is 0 Å². The fourth-order valence-electron chi connectivity index (χ4n) is 3.58. The quantitative estimate of drug-likeness (QED) is 0.775. The molecule has 2 N–H and O–H groups in total. The molecule has 0 bridgehead atoms. The van der Waals surface area contributed by atoms with Gasteiger partial charge in [0.05, 0.1) is 0 Å². The van der Waals surface area contributed by atoms with E-state index in [1.54, 1.807) is 0 Å². The van der Waals surface area contributed by atoms with E-state index in [0.29, 0.717) is 6.04 Å². The van der Waals surface area contributed by atoms with Crippen LogP contribution in [0.3, 0.4) is 0 Å². The molecule has 0 amide bonds. The van der Waals surface area contributed by atoms with Crippen LogP contribution in [-0.2, 0) is 6.42 Å². The Morgan fingerprint density at radius 2 is 1.85 bits per heavy atom. The average molecular weight is 287 g/mol. The van der Waals surface area contributed by atoms with Crippen LogP contribution >= 0.6 is 11.3 Å². The highest BCUT2D eigenvalue weighted by molar-refractivity contribution is 7.17. The SMILES string of the molecule is NC(Cc1csc2ccccc12)CC1CCCCCC1. The van der Waals surface area contributed by atoms with Gasteiger partial charge in [-0.1, -0.05) is 56.7 Å². The fraction of sp³-hybridized carbons (Fsp3) is 0.556. The topological polar surface area (TPSA) is 26.0 Å². The standard InChI is InChI=1S/C18H25NS/c19-16(11-14-7-3-1-2-4-8-14)12-15-13-20-18-10-6-5-9-17(15)18/h5-6,9-10,13-14,16H,1-4,7-8,11-12,19H2. The Balaban J connectivity index is 1.62. The van der Waals surface area contributed by atoms with Gasteiger partial charge in [-0.3, -0.25) is 0 Å². The number of nitrogens with two attached hydrogens (primary N) is 1. The fourth-order valence-corrected chi connectivity index (χ4v) is 4.56. The minimum absolute atomic E-state index is 0.330. The summed E-state index contributed by atoms with van der Waals surface area (Å²) in [6.07, 6.45) is 10.8. The molecule has 1 aromatic carbocycles. The molecule has 1 heterocycles. The summed E-state index contributed by atoms with van der Waals surface area (Å²) in [6.45, 7) is 0. The van der Waals surface area contributed by atoms with Crippen LogP contribution in [0.25, 0.3) is 10.1 Å². The first-order valence-electron chi connectivity index (χ1n) is 8.03. The summed E-state index contributed by atoms with van der Waals surface area (Å²) < 4.78 is 1.39. The molecule has 1 aliphatic rings. The molecular weight excluding hydrogens is 262 g/mol. The molecular formula is C18H25NS. The summed E-state index contributed by atoms with van der Waals surface area (Å²) in [6, 6.07) is 9.03. The van der Waals surface area contributed by atoms with Gasteiger partial charge in [0, 0.05) is 10.7 Å². The normalized spacial score (nSPS) is 19.1. The summed E-state index contributed by atoms with van der Waals surface area (Å²) in [5.41, 5.74) is 7.89. The van der Waals surface area contributed by atoms with E-state index in [2.05, 4.69) is 29.6 Å². The van der Waals surface area contributed by atoms with Crippen LogP contribution in [0.2, 0.25) is 0 Å². The first-order chi connectivity index (χ1) is 9.83. The largest absolute Gasteiger partial charge is 0.327 e. The van der Waals surface area contributed by atoms with Gasteiger partial charge in [0.25, 0.3) is 0 Å². The number of thiophene rings is 1. The molecule has 1 aromatic heterocycles. The van der Waals surface area contributed by atoms with Gasteiger partial charge in [0.15, 0.2) is 0 Å². The Morgan fingerprint density at radius 3 is 2.65 bits per heavy atom. The Kier molecular flexibility index (Phi) is 4.74. The molecule has 2 aromatic rings. The predicted octanol–water partition coefficient (Wildman–Crippen LogP) is 5.13. The lowest BCUT2D eigenvalue weighted by molar-refractivity contribution is 0.387. The van der Waals surface area contributed by atoms with Crippen molar-refractivity contribution >= 4 is 21.4 Å². The van der Waals surface area contributed by atoms with Gasteiger partial charge in [0.1, 0.15) is 0 Å². The van der Waals surface area contributed by atoms with Crippen LogP contribution in [0, 0.1) is 5.92 Å². The zero-order valence-electron chi connectivity index (χ0n) is 12.2. The zero-order valence-corrected chi connectivity index (χ0v) is 13.0. The van der Waals surface area contributed by atoms with Crippen molar-refractivity contribution in [3.8, 4) is 0 Å². The van der Waals surface area contributed by atoms with E-state index >= 15 is 0 Å². The number of rotatable bonds is 4. The smallest absolute Gasteiger partial charge is 0.0345 e. The third-order valence-corrected chi connectivity index (χ3v) is 5.67. The van der Waals surface area contributed by atoms with E-state index < -0.39 is 0 Å². The maximum absolute atomic E-state index is 6.44. The first-order valence-corrected chi connectivity index (χ1v) is 8.91. The Labute approximate surface area is 126 Å². The summed E-state index contributed by atoms with van der Waals surface area (Å²) in [5, 5.41) is 3.71. The Bertz CT molecular complexity index is 537. The van der Waals surface area contributed by atoms with Crippen molar-refractivity contribution in [1.29, 1.82) is 0 Å². The van der Waals surface area contributed by atoms with Crippen LogP contribution in [0.5, 0.6) is 0 Å². The van der Waals surface area contributed by atoms with Crippen molar-refractivity contribution in [3.63, 3.8) is 0 Å². The molecule has 0 aliphatic heterocycles. The van der Waals surface area contributed by atoms with E-state index in [0.717, 1.165) is 12.3 Å². The lowest BCUT2D eigenvalue weighted by Crippen LogP contribution is -2.26. The molecule has 1 saturated carbocycles. The summed E-state index contributed by atoms with van der Waals surface area (Å²) in [5.74, 6) is 0.873. The molecule has 1 fully saturated rings. The van der Waals surface area contributed by atoms with Crippen LogP contribution in [0.15, 0.2) is 29.6 Å². The number of hydrogen-bond donors (Lipinski definition) is 1. The van der Waals surface area contributed by atoms with Gasteiger partial charge in [0.2, 0.25) is 0 Å². The number of fused-ring (bicyclic) bond motifs is 1. The maximum Gasteiger partial charge on any atom is 0.0345 e. The van der Waals surface area contributed by atoms with Crippen LogP contribution in [0.4, 0.5) is 0 Å². The lowest BCUT2D eigenvalue weighted by atomic mass is 9.90. The Hall–Kier alpha value is -0.860. The molecule has 1 aliphatic carbocycles. The van der Waals surface area contributed by atoms with Crippen molar-refractivity contribution in [3.05, 3.63) is 35.2 Å². The number of hydrogen-bond acceptors (Lipinski definition) is 2. The lowest BCUT2D eigenvalue weighted by Gasteiger charge is -2.19. The average Bonchev–Trinajstić information content (AvgIpc) is 2.68. The van der Waals surface area contributed by atoms with Crippen molar-refractivity contribution in [2.45, 2.75) is 57.4 Å². The number of benzene rings is 1. The molecule has 0 radical (unpaired) electrons. The predicted molar refractivity (Wildman–Crippen MR) is 89.3 cm³/mol. The molecule has 3 rings (SSSR count). The second-order valence-corrected chi connectivity index (χ2v) is 7.23. The first kappa shape index (κ1) is 14.1. The van der Waals surface area contributed by atoms with E-state index in [-0.39, 0.29) is 0 Å². The van der Waals surface area contributed by atoms with E-state index in [1.807, 2.05) is 11.3 Å². The van der Waals surface area contributed by atoms with Crippen molar-refractivity contribution < 1.29 is 0 Å². The summed E-state index contributed by atoms with van der Waals surface area (Å²) >= 11 is 1.85. The van der Waals surface area contributed by atoms with Gasteiger partial charge in [-0.05, 0) is 41.2 Å². The molecule has 1 atom stereocenters. The second-order valence-electron chi connectivity index (χ2n) is 6.31. The van der Waals surface area contributed by atoms with Gasteiger partial charge in [-0.15, -0.1) is 11.3 Å². The summed E-state index contributed by atoms with van der Waals surface area (Å²) in [4.78, 5) is 0. The molecule has 1 nitrogen and oxygen atoms in total. The Morgan fingerprint density at radius 1 is 1.10 bits per heavy atom. The van der Waals surface area contributed by atoms with Crippen LogP contribution in [0.1, 0.15) is 50.5 Å². The van der Waals surface area contributed by atoms with Gasteiger partial charge < -0.3 is 5.73 Å². The highest BCUT2D eigenvalue weighted by Gasteiger charge is 2.17. The second kappa shape index (κ2) is 6.73. The molecule has 0 spiro atoms. The van der Waals surface area contributed by atoms with Crippen LogP contribution in [-0.4, -0.2) is 6.04 Å². The minimum atomic E-state index is 0.330. The highest BCUT2D eigenvalue weighted by atomic mass is 32.1. The van der Waals surface area contributed by atoms with Crippen LogP contribution < -0.4 is 5.73 Å². The molecule has 0 saturated heterocycles. The van der Waals surface area contributed by atoms with Crippen molar-refractivity contribution in [1.82, 2.24) is 0 Å². The molecule has 108 valence electrons. The maximum atomic E-state index is 6.44. The third-order valence-electron chi connectivity index (χ3n) is 4.65. The molecule has 20 heavy (non-hydrogen) atoms. The zero-order chi connectivity index (χ0) is 13.8. The third kappa shape index (κ3) is 3.42. The van der Waals surface area contributed by atoms with Gasteiger partial charge in [-0.2, -0.15) is 0 Å². The van der Waals surface area contributed by atoms with Crippen molar-refractivity contribution in [2.75, 3.05) is 0 Å². The minimum Gasteiger partial charge on any atom is -0.327 e. The highest BCUT2D eigenvalue weighted by Crippen LogP contribution is 2.29. The van der Waals surface area contributed by atoms with E-state index in [9.17, 15) is 0 Å². The summed E-state index contributed by atoms with van der Waals surface area (Å²) in [7, 11) is 0. The van der Waals surface area contributed by atoms with E-state index in [4.69, 9.17) is 5.73 Å². The van der Waals surface area contributed by atoms with Crippen molar-refractivity contribution in [2.24, 2.45) is 11.7 Å². The molecule has 1 unspecified atom stereocenters. The molecule has 2 heteroatoms.